The number of aromatic nitrogens is 2. The monoisotopic (exact) mass is 564 g/mol. The number of hydrogen-bond donors (Lipinski definition) is 3. The highest BCUT2D eigenvalue weighted by atomic mass is 32.1. The number of aryl methyl sites for hydroxylation is 1. The minimum Gasteiger partial charge on any atom is -0.481 e. The number of halogens is 1. The maximum absolute atomic E-state index is 15.1. The molecule has 3 aromatic carbocycles. The Morgan fingerprint density at radius 1 is 1.15 bits per heavy atom. The Hall–Kier alpha value is -3.78. The van der Waals surface area contributed by atoms with Crippen LogP contribution >= 0.6 is 18.5 Å². The van der Waals surface area contributed by atoms with Gasteiger partial charge in [-0.15, -0.1) is 11.3 Å². The van der Waals surface area contributed by atoms with Gasteiger partial charge in [-0.3, -0.25) is 4.79 Å². The third-order valence-corrected chi connectivity index (χ3v) is 8.70. The van der Waals surface area contributed by atoms with Gasteiger partial charge in [0.2, 0.25) is 0 Å². The lowest BCUT2D eigenvalue weighted by molar-refractivity contribution is -0.136. The summed E-state index contributed by atoms with van der Waals surface area (Å²) in [4.78, 5) is 18.5. The summed E-state index contributed by atoms with van der Waals surface area (Å²) in [6.45, 7) is 3.17. The summed E-state index contributed by atoms with van der Waals surface area (Å²) in [5, 5.41) is 23.3. The van der Waals surface area contributed by atoms with Crippen molar-refractivity contribution in [1.82, 2.24) is 9.97 Å². The number of aliphatic hydroxyl groups is 1. The zero-order chi connectivity index (χ0) is 27.7. The van der Waals surface area contributed by atoms with Gasteiger partial charge in [0.1, 0.15) is 24.0 Å². The van der Waals surface area contributed by atoms with Crippen LogP contribution in [0, 0.1) is 5.82 Å². The first-order chi connectivity index (χ1) is 18.6. The van der Waals surface area contributed by atoms with Gasteiger partial charge in [0.25, 0.3) is 0 Å². The minimum absolute atomic E-state index is 0.0112. The normalized spacial score (nSPS) is 12.5. The van der Waals surface area contributed by atoms with Crippen molar-refractivity contribution >= 4 is 40.7 Å². The number of aromatic amines is 1. The summed E-state index contributed by atoms with van der Waals surface area (Å²) in [5.74, 6) is -1.19. The Labute approximate surface area is 228 Å². The van der Waals surface area contributed by atoms with E-state index >= 15 is 4.39 Å². The highest BCUT2D eigenvalue weighted by Crippen LogP contribution is 2.44. The molecule has 2 aromatic heterocycles. The molecule has 39 heavy (non-hydrogen) atoms. The Morgan fingerprint density at radius 3 is 2.72 bits per heavy atom. The van der Waals surface area contributed by atoms with E-state index in [1.54, 1.807) is 67.4 Å². The van der Waals surface area contributed by atoms with E-state index in [-0.39, 0.29) is 12.2 Å². The number of carbonyl (C=O) groups is 1. The molecule has 0 aliphatic heterocycles. The Kier molecular flexibility index (Phi) is 7.40. The minimum atomic E-state index is -2.90. The number of carboxylic acids is 1. The van der Waals surface area contributed by atoms with Crippen LogP contribution in [-0.4, -0.2) is 39.5 Å². The zero-order valence-electron chi connectivity index (χ0n) is 21.2. The van der Waals surface area contributed by atoms with Crippen molar-refractivity contribution < 1.29 is 28.7 Å². The number of rotatable bonds is 9. The van der Waals surface area contributed by atoms with Crippen LogP contribution in [0.4, 0.5) is 4.39 Å². The largest absolute Gasteiger partial charge is 0.481 e. The molecule has 7 nitrogen and oxygen atoms in total. The highest BCUT2D eigenvalue weighted by molar-refractivity contribution is 7.70. The fraction of sp³-hybridized carbons (Fsp3) is 0.172. The van der Waals surface area contributed by atoms with Crippen molar-refractivity contribution in [3.05, 3.63) is 94.9 Å². The van der Waals surface area contributed by atoms with E-state index in [0.29, 0.717) is 50.2 Å². The molecule has 0 aliphatic rings. The number of benzene rings is 3. The van der Waals surface area contributed by atoms with E-state index in [9.17, 15) is 14.5 Å². The van der Waals surface area contributed by atoms with E-state index in [4.69, 9.17) is 9.84 Å². The standard InChI is InChI=1S/C29H26FN2O5PS/c1-38(2,36)28-21-11-12-31-23(21)15-22(30)27(28)37-20-8-4-7-19(14-20)29-32-24(16-39-29)26(35)18-6-3-5-17(13-18)9-10-25(33)34/h3-8,11-16,26,31,35H,9-10H2,1-2H3,(H,33,34). The third kappa shape index (κ3) is 5.81. The first kappa shape index (κ1) is 26.8. The van der Waals surface area contributed by atoms with Crippen LogP contribution in [0.5, 0.6) is 11.5 Å². The Balaban J connectivity index is 1.42. The lowest BCUT2D eigenvalue weighted by Gasteiger charge is -2.17. The van der Waals surface area contributed by atoms with Crippen LogP contribution in [-0.2, 0) is 15.8 Å². The van der Waals surface area contributed by atoms with Gasteiger partial charge in [-0.1, -0.05) is 36.4 Å². The average molecular weight is 565 g/mol. The van der Waals surface area contributed by atoms with Gasteiger partial charge in [0.05, 0.1) is 11.0 Å². The molecule has 0 saturated heterocycles. The van der Waals surface area contributed by atoms with Crippen molar-refractivity contribution in [2.45, 2.75) is 18.9 Å². The van der Waals surface area contributed by atoms with E-state index in [1.807, 2.05) is 12.1 Å². The number of aliphatic carboxylic acids is 1. The number of ether oxygens (including phenoxy) is 1. The number of thiazole rings is 1. The van der Waals surface area contributed by atoms with Gasteiger partial charge < -0.3 is 24.5 Å². The summed E-state index contributed by atoms with van der Waals surface area (Å²) >= 11 is 1.35. The summed E-state index contributed by atoms with van der Waals surface area (Å²) in [7, 11) is -2.90. The number of nitrogens with one attached hydrogen (secondary N) is 1. The highest BCUT2D eigenvalue weighted by Gasteiger charge is 2.26. The van der Waals surface area contributed by atoms with Gasteiger partial charge in [0, 0.05) is 40.5 Å². The molecular weight excluding hydrogens is 538 g/mol. The first-order valence-electron chi connectivity index (χ1n) is 12.2. The number of nitrogens with zero attached hydrogens (tertiary/aromatic N) is 1. The molecule has 200 valence electrons. The zero-order valence-corrected chi connectivity index (χ0v) is 22.9. The topological polar surface area (TPSA) is 113 Å². The van der Waals surface area contributed by atoms with Crippen molar-refractivity contribution in [2.24, 2.45) is 0 Å². The van der Waals surface area contributed by atoms with Gasteiger partial charge in [0.15, 0.2) is 11.6 Å². The van der Waals surface area contributed by atoms with Gasteiger partial charge in [-0.05, 0) is 49.1 Å². The molecule has 5 aromatic rings. The summed E-state index contributed by atoms with van der Waals surface area (Å²) < 4.78 is 34.3. The van der Waals surface area contributed by atoms with Gasteiger partial charge >= 0.3 is 5.97 Å². The Morgan fingerprint density at radius 2 is 1.95 bits per heavy atom. The number of H-pyrrole nitrogens is 1. The molecule has 0 radical (unpaired) electrons. The maximum Gasteiger partial charge on any atom is 0.303 e. The lowest BCUT2D eigenvalue weighted by atomic mass is 10.0. The second-order valence-electron chi connectivity index (χ2n) is 9.57. The van der Waals surface area contributed by atoms with Crippen molar-refractivity contribution in [3.63, 3.8) is 0 Å². The van der Waals surface area contributed by atoms with E-state index in [0.717, 1.165) is 5.56 Å². The molecular formula is C29H26FN2O5PS. The van der Waals surface area contributed by atoms with Crippen LogP contribution < -0.4 is 10.0 Å². The molecule has 3 N–H and O–H groups in total. The molecule has 0 bridgehead atoms. The fourth-order valence-corrected chi connectivity index (χ4v) is 6.71. The van der Waals surface area contributed by atoms with E-state index in [2.05, 4.69) is 9.97 Å². The average Bonchev–Trinajstić information content (AvgIpc) is 3.57. The molecule has 1 atom stereocenters. The van der Waals surface area contributed by atoms with Crippen LogP contribution in [0.3, 0.4) is 0 Å². The summed E-state index contributed by atoms with van der Waals surface area (Å²) in [6.07, 6.45) is 1.08. The third-order valence-electron chi connectivity index (χ3n) is 6.27. The molecule has 2 heterocycles. The smallest absolute Gasteiger partial charge is 0.303 e. The molecule has 0 spiro atoms. The molecule has 10 heteroatoms. The molecule has 0 fully saturated rings. The summed E-state index contributed by atoms with van der Waals surface area (Å²) in [5.41, 5.74) is 3.17. The molecule has 0 saturated carbocycles. The molecule has 0 amide bonds. The van der Waals surface area contributed by atoms with Crippen molar-refractivity contribution in [2.75, 3.05) is 13.3 Å². The lowest BCUT2D eigenvalue weighted by Crippen LogP contribution is -2.10. The van der Waals surface area contributed by atoms with E-state index in [1.165, 1.54) is 17.4 Å². The number of carboxylic acid groups (broad SMARTS) is 1. The van der Waals surface area contributed by atoms with Crippen LogP contribution in [0.2, 0.25) is 0 Å². The van der Waals surface area contributed by atoms with Crippen LogP contribution in [0.1, 0.15) is 29.3 Å². The number of aliphatic hydroxyl groups excluding tert-OH is 1. The first-order valence-corrected chi connectivity index (χ1v) is 15.7. The molecule has 1 unspecified atom stereocenters. The van der Waals surface area contributed by atoms with Crippen LogP contribution in [0.25, 0.3) is 21.5 Å². The number of hydrogen-bond acceptors (Lipinski definition) is 6. The summed E-state index contributed by atoms with van der Waals surface area (Å²) in [6, 6.07) is 17.3. The SMILES string of the molecule is CP(C)(=O)c1c(Oc2cccc(-c3nc(C(O)c4cccc(CCC(=O)O)c4)cs3)c2)c(F)cc2[nH]ccc12. The number of fused-ring (bicyclic) bond motifs is 1. The second kappa shape index (κ2) is 10.8. The van der Waals surface area contributed by atoms with Gasteiger partial charge in [-0.25, -0.2) is 9.37 Å². The van der Waals surface area contributed by atoms with Crippen molar-refractivity contribution in [1.29, 1.82) is 0 Å². The predicted octanol–water partition coefficient (Wildman–Crippen LogP) is 6.57. The second-order valence-corrected chi connectivity index (χ2v) is 13.6. The van der Waals surface area contributed by atoms with Crippen molar-refractivity contribution in [3.8, 4) is 22.1 Å². The quantitative estimate of drug-likeness (QED) is 0.175. The van der Waals surface area contributed by atoms with Gasteiger partial charge in [-0.2, -0.15) is 0 Å². The fourth-order valence-electron chi connectivity index (χ4n) is 4.46. The maximum atomic E-state index is 15.1. The van der Waals surface area contributed by atoms with Crippen LogP contribution in [0.15, 0.2) is 72.2 Å². The Bertz CT molecular complexity index is 1720. The van der Waals surface area contributed by atoms with E-state index < -0.39 is 25.0 Å². The molecule has 0 aliphatic carbocycles. The molecule has 5 rings (SSSR count). The predicted molar refractivity (Wildman–Crippen MR) is 151 cm³/mol.